The summed E-state index contributed by atoms with van der Waals surface area (Å²) in [5, 5.41) is 0. The van der Waals surface area contributed by atoms with Crippen LogP contribution in [0.25, 0.3) is 0 Å². The highest BCUT2D eigenvalue weighted by Crippen LogP contribution is 2.19. The first-order valence-corrected chi connectivity index (χ1v) is 12.7. The molecule has 1 aromatic carbocycles. The molecule has 2 rings (SSSR count). The molecule has 0 bridgehead atoms. The average molecular weight is 458 g/mol. The molecule has 5 heteroatoms. The maximum Gasteiger partial charge on any atom is 0.334 e. The molecule has 0 aliphatic carbocycles. The van der Waals surface area contributed by atoms with E-state index in [1.54, 1.807) is 0 Å². The van der Waals surface area contributed by atoms with Gasteiger partial charge >= 0.3 is 11.9 Å². The van der Waals surface area contributed by atoms with Gasteiger partial charge in [-0.15, -0.1) is 0 Å². The molecule has 1 aromatic rings. The summed E-state index contributed by atoms with van der Waals surface area (Å²) >= 11 is 0. The highest BCUT2D eigenvalue weighted by molar-refractivity contribution is 5.88. The van der Waals surface area contributed by atoms with Gasteiger partial charge in [0.05, 0.1) is 19.6 Å². The zero-order valence-electron chi connectivity index (χ0n) is 21.1. The lowest BCUT2D eigenvalue weighted by Crippen LogP contribution is -2.33. The largest absolute Gasteiger partial charge is 0.466 e. The van der Waals surface area contributed by atoms with E-state index in [2.05, 4.69) is 43.0 Å². The first-order valence-electron chi connectivity index (χ1n) is 12.7. The molecule has 1 atom stereocenters. The summed E-state index contributed by atoms with van der Waals surface area (Å²) in [4.78, 5) is 26.4. The van der Waals surface area contributed by atoms with Crippen LogP contribution in [0.2, 0.25) is 0 Å². The molecule has 1 aliphatic heterocycles. The molecule has 0 aromatic heterocycles. The van der Waals surface area contributed by atoms with Gasteiger partial charge in [-0.25, -0.2) is 4.79 Å². The van der Waals surface area contributed by atoms with E-state index in [-0.39, 0.29) is 17.9 Å². The molecule has 1 heterocycles. The number of methoxy groups -OCH3 is 1. The summed E-state index contributed by atoms with van der Waals surface area (Å²) in [6.45, 7) is 9.61. The number of hydrogen-bond donors (Lipinski definition) is 0. The van der Waals surface area contributed by atoms with Gasteiger partial charge in [0.1, 0.15) is 0 Å². The summed E-state index contributed by atoms with van der Waals surface area (Å²) in [5.41, 5.74) is 3.12. The van der Waals surface area contributed by atoms with Crippen LogP contribution in [-0.4, -0.2) is 50.2 Å². The van der Waals surface area contributed by atoms with Crippen LogP contribution in [0.1, 0.15) is 82.8 Å². The number of ether oxygens (including phenoxy) is 2. The third kappa shape index (κ3) is 10.1. The van der Waals surface area contributed by atoms with E-state index >= 15 is 0 Å². The summed E-state index contributed by atoms with van der Waals surface area (Å²) in [7, 11) is 1.44. The van der Waals surface area contributed by atoms with Crippen LogP contribution in [0.3, 0.4) is 0 Å². The van der Waals surface area contributed by atoms with Crippen molar-refractivity contribution in [3.8, 4) is 0 Å². The van der Waals surface area contributed by atoms with E-state index in [1.165, 1.54) is 25.5 Å². The van der Waals surface area contributed by atoms with E-state index in [4.69, 9.17) is 9.47 Å². The second-order valence-corrected chi connectivity index (χ2v) is 9.64. The maximum absolute atomic E-state index is 12.4. The molecule has 0 saturated carbocycles. The van der Waals surface area contributed by atoms with Crippen LogP contribution in [-0.2, 0) is 25.5 Å². The standard InChI is InChI=1S/C28H43NO4/c1-22(2)20-24-13-15-25(16-14-24)23(3)27(30)33-19-10-8-6-5-7-9-17-29-18-11-12-26(21-29)28(31)32-4/h12-16,22-23H,5-11,17-21H2,1-4H3. The van der Waals surface area contributed by atoms with Gasteiger partial charge in [-0.05, 0) is 56.2 Å². The first-order chi connectivity index (χ1) is 15.9. The molecule has 0 spiro atoms. The molecule has 184 valence electrons. The van der Waals surface area contributed by atoms with Crippen molar-refractivity contribution < 1.29 is 19.1 Å². The smallest absolute Gasteiger partial charge is 0.334 e. The Labute approximate surface area is 200 Å². The zero-order chi connectivity index (χ0) is 24.1. The van der Waals surface area contributed by atoms with Crippen LogP contribution in [0.4, 0.5) is 0 Å². The van der Waals surface area contributed by atoms with Crippen molar-refractivity contribution in [2.45, 2.75) is 78.1 Å². The minimum absolute atomic E-state index is 0.131. The molecule has 0 N–H and O–H groups in total. The summed E-state index contributed by atoms with van der Waals surface area (Å²) in [6.07, 6.45) is 10.7. The Balaban J connectivity index is 1.50. The molecule has 5 nitrogen and oxygen atoms in total. The van der Waals surface area contributed by atoms with Gasteiger partial charge in [0, 0.05) is 18.7 Å². The molecular formula is C28H43NO4. The fraction of sp³-hybridized carbons (Fsp3) is 0.643. The van der Waals surface area contributed by atoms with E-state index in [9.17, 15) is 9.59 Å². The second-order valence-electron chi connectivity index (χ2n) is 9.64. The molecule has 0 amide bonds. The van der Waals surface area contributed by atoms with Crippen molar-refractivity contribution in [1.29, 1.82) is 0 Å². The van der Waals surface area contributed by atoms with Crippen LogP contribution < -0.4 is 0 Å². The number of esters is 2. The van der Waals surface area contributed by atoms with E-state index in [0.29, 0.717) is 19.1 Å². The zero-order valence-corrected chi connectivity index (χ0v) is 21.1. The van der Waals surface area contributed by atoms with Crippen molar-refractivity contribution >= 4 is 11.9 Å². The van der Waals surface area contributed by atoms with Crippen molar-refractivity contribution in [1.82, 2.24) is 4.90 Å². The van der Waals surface area contributed by atoms with Gasteiger partial charge in [0.25, 0.3) is 0 Å². The van der Waals surface area contributed by atoms with Gasteiger partial charge in [0.15, 0.2) is 0 Å². The Morgan fingerprint density at radius 3 is 2.30 bits per heavy atom. The van der Waals surface area contributed by atoms with Gasteiger partial charge in [0.2, 0.25) is 0 Å². The molecule has 33 heavy (non-hydrogen) atoms. The number of benzene rings is 1. The highest BCUT2D eigenvalue weighted by atomic mass is 16.5. The SMILES string of the molecule is COC(=O)C1=CCCN(CCCCCCCCOC(=O)C(C)c2ccc(CC(C)C)cc2)C1. The van der Waals surface area contributed by atoms with Crippen molar-refractivity contribution in [2.75, 3.05) is 33.4 Å². The fourth-order valence-corrected chi connectivity index (χ4v) is 4.27. The molecule has 1 unspecified atom stereocenters. The summed E-state index contributed by atoms with van der Waals surface area (Å²) < 4.78 is 10.3. The van der Waals surface area contributed by atoms with Crippen LogP contribution in [0.5, 0.6) is 0 Å². The topological polar surface area (TPSA) is 55.8 Å². The number of hydrogen-bond acceptors (Lipinski definition) is 5. The molecule has 0 saturated heterocycles. The Hall–Kier alpha value is -2.14. The number of unbranched alkanes of at least 4 members (excludes halogenated alkanes) is 5. The Kier molecular flexibility index (Phi) is 12.2. The third-order valence-electron chi connectivity index (χ3n) is 6.27. The normalized spacial score (nSPS) is 15.2. The lowest BCUT2D eigenvalue weighted by molar-refractivity contribution is -0.145. The van der Waals surface area contributed by atoms with Gasteiger partial charge in [-0.3, -0.25) is 9.69 Å². The van der Waals surface area contributed by atoms with E-state index < -0.39 is 0 Å². The Bertz CT molecular complexity index is 754. The van der Waals surface area contributed by atoms with Crippen molar-refractivity contribution in [3.63, 3.8) is 0 Å². The molecule has 1 aliphatic rings. The molecule has 0 radical (unpaired) electrons. The fourth-order valence-electron chi connectivity index (χ4n) is 4.27. The van der Waals surface area contributed by atoms with Gasteiger partial charge < -0.3 is 9.47 Å². The van der Waals surface area contributed by atoms with Crippen LogP contribution in [0, 0.1) is 5.92 Å². The van der Waals surface area contributed by atoms with Crippen LogP contribution in [0.15, 0.2) is 35.9 Å². The second kappa shape index (κ2) is 14.9. The average Bonchev–Trinajstić information content (AvgIpc) is 2.82. The van der Waals surface area contributed by atoms with Crippen LogP contribution >= 0.6 is 0 Å². The lowest BCUT2D eigenvalue weighted by atomic mass is 9.97. The minimum atomic E-state index is -0.220. The maximum atomic E-state index is 12.4. The quantitative estimate of drug-likeness (QED) is 0.266. The van der Waals surface area contributed by atoms with Crippen molar-refractivity contribution in [3.05, 3.63) is 47.0 Å². The van der Waals surface area contributed by atoms with Gasteiger partial charge in [-0.1, -0.05) is 69.9 Å². The first kappa shape index (κ1) is 27.1. The minimum Gasteiger partial charge on any atom is -0.466 e. The Morgan fingerprint density at radius 2 is 1.64 bits per heavy atom. The van der Waals surface area contributed by atoms with E-state index in [1.807, 2.05) is 13.0 Å². The highest BCUT2D eigenvalue weighted by Gasteiger charge is 2.18. The van der Waals surface area contributed by atoms with Crippen molar-refractivity contribution in [2.24, 2.45) is 5.92 Å². The summed E-state index contributed by atoms with van der Waals surface area (Å²) in [6, 6.07) is 8.36. The number of carbonyl (C=O) groups excluding carboxylic acids is 2. The lowest BCUT2D eigenvalue weighted by Gasteiger charge is -2.26. The number of nitrogens with zero attached hydrogens (tertiary/aromatic N) is 1. The summed E-state index contributed by atoms with van der Waals surface area (Å²) in [5.74, 6) is 0.0804. The predicted octanol–water partition coefficient (Wildman–Crippen LogP) is 5.68. The van der Waals surface area contributed by atoms with E-state index in [0.717, 1.165) is 62.8 Å². The Morgan fingerprint density at radius 1 is 0.970 bits per heavy atom. The molecule has 0 fully saturated rings. The number of rotatable bonds is 14. The molecular weight excluding hydrogens is 414 g/mol. The third-order valence-corrected chi connectivity index (χ3v) is 6.27. The van der Waals surface area contributed by atoms with Gasteiger partial charge in [-0.2, -0.15) is 0 Å². The number of carbonyl (C=O) groups is 2. The predicted molar refractivity (Wildman–Crippen MR) is 133 cm³/mol. The monoisotopic (exact) mass is 457 g/mol.